The van der Waals surface area contributed by atoms with Crippen molar-refractivity contribution in [2.45, 2.75) is 0 Å². The number of hydrogen-bond acceptors (Lipinski definition) is 0. The van der Waals surface area contributed by atoms with Gasteiger partial charge in [-0.25, -0.2) is 0 Å². The summed E-state index contributed by atoms with van der Waals surface area (Å²) >= 11 is 3.29. The fourth-order valence-corrected chi connectivity index (χ4v) is 0.973. The Morgan fingerprint density at radius 3 is 1.40 bits per heavy atom. The number of halogens is 1. The molecule has 0 bridgehead atoms. The van der Waals surface area contributed by atoms with Crippen molar-refractivity contribution in [2.24, 2.45) is 0 Å². The minimum absolute atomic E-state index is 0. The predicted molar refractivity (Wildman–Crippen MR) is 58.3 cm³/mol. The molecule has 0 radical (unpaired) electrons. The van der Waals surface area contributed by atoms with Crippen molar-refractivity contribution in [1.29, 1.82) is 0 Å². The Hall–Kier alpha value is 0.115. The maximum Gasteiger partial charge on any atom is 1.00 e. The van der Waals surface area contributed by atoms with Crippen molar-refractivity contribution in [2.75, 3.05) is 0 Å². The van der Waals surface area contributed by atoms with Gasteiger partial charge in [0.25, 0.3) is 0 Å². The van der Waals surface area contributed by atoms with Crippen LogP contribution in [0.3, 0.4) is 0 Å². The summed E-state index contributed by atoms with van der Waals surface area (Å²) in [5.74, 6) is 0. The van der Waals surface area contributed by atoms with Crippen LogP contribution in [0.1, 0.15) is 0 Å². The van der Waals surface area contributed by atoms with E-state index in [0.717, 1.165) is 4.47 Å². The molecule has 0 aliphatic heterocycles. The van der Waals surface area contributed by atoms with E-state index < -0.39 is 0 Å². The topological polar surface area (TPSA) is 0 Å². The molecule has 0 fully saturated rings. The molecule has 0 unspecified atom stereocenters. The van der Waals surface area contributed by atoms with Gasteiger partial charge in [0.15, 0.2) is 0 Å². The van der Waals surface area contributed by atoms with E-state index in [1.807, 2.05) is 54.6 Å². The maximum absolute atomic E-state index is 3.29. The fourth-order valence-electron chi connectivity index (χ4n) is 0.708. The third-order valence-electron chi connectivity index (χ3n) is 1.28. The summed E-state index contributed by atoms with van der Waals surface area (Å²) in [5, 5.41) is 0. The zero-order valence-corrected chi connectivity index (χ0v) is 10.7. The van der Waals surface area contributed by atoms with Crippen LogP contribution in [0.15, 0.2) is 59.1 Å². The average Bonchev–Trinajstić information content (AvgIpc) is 2.22. The summed E-state index contributed by atoms with van der Waals surface area (Å²) in [5.41, 5.74) is 0. The van der Waals surface area contributed by atoms with E-state index in [-0.39, 0.29) is 37.7 Å². The van der Waals surface area contributed by atoms with Crippen LogP contribution in [-0.4, -0.2) is 0 Å². The third kappa shape index (κ3) is 10.4. The first-order valence-electron chi connectivity index (χ1n) is 3.92. The van der Waals surface area contributed by atoms with Crippen LogP contribution in [0.25, 0.3) is 0 Å². The van der Waals surface area contributed by atoms with E-state index in [1.54, 1.807) is 0 Å². The van der Waals surface area contributed by atoms with Crippen molar-refractivity contribution < 1.29 is 37.7 Å². The molecule has 15 heavy (non-hydrogen) atoms. The van der Waals surface area contributed by atoms with Crippen molar-refractivity contribution in [3.63, 3.8) is 0 Å². The minimum Gasteiger partial charge on any atom is -0.184 e. The van der Waals surface area contributed by atoms with Gasteiger partial charge >= 0.3 is 37.7 Å². The van der Waals surface area contributed by atoms with Crippen LogP contribution in [0, 0.1) is 12.1 Å². The van der Waals surface area contributed by atoms with E-state index in [1.165, 1.54) is 0 Å². The van der Waals surface area contributed by atoms with Gasteiger partial charge in [0.05, 0.1) is 0 Å². The Kier molecular flexibility index (Phi) is 14.2. The molecule has 0 nitrogen and oxygen atoms in total. The standard InChI is InChI=1S/C6H4Br.C6H5.2Li/c7-6-4-2-1-3-5-6;1-2-4-6-5-3-1;;/h2-5H;1-5H;;/q2*-1;2*+1. The summed E-state index contributed by atoms with van der Waals surface area (Å²) < 4.78 is 1.10. The summed E-state index contributed by atoms with van der Waals surface area (Å²) in [4.78, 5) is 0. The van der Waals surface area contributed by atoms with Crippen LogP contribution in [0.5, 0.6) is 0 Å². The Balaban J connectivity index is 0. The first kappa shape index (κ1) is 17.5. The Labute approximate surface area is 124 Å². The molecule has 2 aromatic carbocycles. The molecular weight excluding hydrogens is 238 g/mol. The molecule has 0 spiro atoms. The minimum atomic E-state index is 0. The number of rotatable bonds is 0. The molecule has 3 heteroatoms. The van der Waals surface area contributed by atoms with Gasteiger partial charge in [-0.15, -0.1) is 0 Å². The van der Waals surface area contributed by atoms with Crippen molar-refractivity contribution in [3.05, 3.63) is 71.2 Å². The van der Waals surface area contributed by atoms with E-state index in [0.29, 0.717) is 0 Å². The smallest absolute Gasteiger partial charge is 0.184 e. The first-order chi connectivity index (χ1) is 6.39. The van der Waals surface area contributed by atoms with Crippen LogP contribution in [-0.2, 0) is 0 Å². The second kappa shape index (κ2) is 12.2. The number of benzene rings is 2. The van der Waals surface area contributed by atoms with Gasteiger partial charge in [0.2, 0.25) is 0 Å². The Morgan fingerprint density at radius 2 is 1.20 bits per heavy atom. The Bertz CT molecular complexity index is 284. The predicted octanol–water partition coefficient (Wildman–Crippen LogP) is -2.26. The molecule has 0 heterocycles. The van der Waals surface area contributed by atoms with Crippen molar-refractivity contribution in [1.82, 2.24) is 0 Å². The molecule has 0 saturated heterocycles. The molecule has 0 aromatic heterocycles. The summed E-state index contributed by atoms with van der Waals surface area (Å²) in [7, 11) is 0. The van der Waals surface area contributed by atoms with Crippen LogP contribution < -0.4 is 37.7 Å². The van der Waals surface area contributed by atoms with Crippen LogP contribution in [0.4, 0.5) is 0 Å². The van der Waals surface area contributed by atoms with Gasteiger partial charge in [-0.05, 0) is 0 Å². The van der Waals surface area contributed by atoms with E-state index in [9.17, 15) is 0 Å². The average molecular weight is 247 g/mol. The van der Waals surface area contributed by atoms with Crippen molar-refractivity contribution in [3.8, 4) is 0 Å². The van der Waals surface area contributed by atoms with Gasteiger partial charge in [0, 0.05) is 0 Å². The normalized spacial score (nSPS) is 7.27. The van der Waals surface area contributed by atoms with E-state index in [2.05, 4.69) is 28.1 Å². The second-order valence-corrected chi connectivity index (χ2v) is 3.21. The molecule has 0 amide bonds. The summed E-state index contributed by atoms with van der Waals surface area (Å²) in [6.07, 6.45) is 0. The molecule has 0 atom stereocenters. The molecule has 0 saturated carbocycles. The van der Waals surface area contributed by atoms with Crippen LogP contribution in [0.2, 0.25) is 0 Å². The third-order valence-corrected chi connectivity index (χ3v) is 1.81. The zero-order chi connectivity index (χ0) is 9.36. The molecular formula is C12H9BrLi2. The number of hydrogen-bond donors (Lipinski definition) is 0. The molecule has 0 aliphatic carbocycles. The SMILES string of the molecule is Brc1cc[c-]cc1.[Li+].[Li+].[c-]1ccccc1. The second-order valence-electron chi connectivity index (χ2n) is 2.30. The van der Waals surface area contributed by atoms with Gasteiger partial charge in [-0.3, -0.25) is 0 Å². The summed E-state index contributed by atoms with van der Waals surface area (Å²) in [6, 6.07) is 23.0. The van der Waals surface area contributed by atoms with Gasteiger partial charge in [0.1, 0.15) is 0 Å². The molecule has 66 valence electrons. The monoisotopic (exact) mass is 246 g/mol. The van der Waals surface area contributed by atoms with Crippen LogP contribution >= 0.6 is 15.9 Å². The molecule has 2 rings (SSSR count). The molecule has 0 N–H and O–H groups in total. The quantitative estimate of drug-likeness (QED) is 0.364. The molecule has 2 aromatic rings. The van der Waals surface area contributed by atoms with Gasteiger partial charge < -0.3 is 0 Å². The summed E-state index contributed by atoms with van der Waals surface area (Å²) in [6.45, 7) is 0. The molecule has 0 aliphatic rings. The fraction of sp³-hybridized carbons (Fsp3) is 0. The maximum atomic E-state index is 3.29. The van der Waals surface area contributed by atoms with E-state index in [4.69, 9.17) is 0 Å². The van der Waals surface area contributed by atoms with Crippen molar-refractivity contribution >= 4 is 15.9 Å². The zero-order valence-electron chi connectivity index (χ0n) is 9.07. The van der Waals surface area contributed by atoms with E-state index >= 15 is 0 Å². The van der Waals surface area contributed by atoms with Gasteiger partial charge in [-0.1, -0.05) is 20.4 Å². The Morgan fingerprint density at radius 1 is 0.733 bits per heavy atom. The first-order valence-corrected chi connectivity index (χ1v) is 4.71. The largest absolute Gasteiger partial charge is 1.00 e. The van der Waals surface area contributed by atoms with Gasteiger partial charge in [-0.2, -0.15) is 66.7 Å².